The van der Waals surface area contributed by atoms with E-state index in [1.807, 2.05) is 32.1 Å². The number of sulfonamides is 1. The van der Waals surface area contributed by atoms with Crippen molar-refractivity contribution in [2.24, 2.45) is 5.92 Å². The zero-order chi connectivity index (χ0) is 43.1. The van der Waals surface area contributed by atoms with Crippen LogP contribution < -0.4 is 29.6 Å². The van der Waals surface area contributed by atoms with Gasteiger partial charge in [0.15, 0.2) is 0 Å². The van der Waals surface area contributed by atoms with Crippen LogP contribution in [0.25, 0.3) is 22.2 Å². The molecule has 1 saturated heterocycles. The summed E-state index contributed by atoms with van der Waals surface area (Å²) < 4.78 is 51.6. The number of carbonyl (C=O) groups is 4. The molecular weight excluding hydrogens is 797 g/mol. The van der Waals surface area contributed by atoms with Crippen molar-refractivity contribution in [2.75, 3.05) is 13.7 Å². The van der Waals surface area contributed by atoms with Crippen LogP contribution in [0.15, 0.2) is 54.7 Å². The van der Waals surface area contributed by atoms with Gasteiger partial charge < -0.3 is 39.6 Å². The fourth-order valence-electron chi connectivity index (χ4n) is 7.82. The maximum atomic E-state index is 14.6. The Kier molecular flexibility index (Phi) is 11.7. The molecule has 2 aliphatic carbocycles. The molecular formula is C42H52N6O11S. The molecule has 3 fully saturated rings. The Morgan fingerprint density at radius 1 is 1.08 bits per heavy atom. The van der Waals surface area contributed by atoms with Crippen LogP contribution >= 0.6 is 0 Å². The molecule has 2 saturated carbocycles. The van der Waals surface area contributed by atoms with Crippen molar-refractivity contribution in [3.05, 3.63) is 54.7 Å². The van der Waals surface area contributed by atoms with Crippen LogP contribution in [-0.2, 0) is 29.1 Å². The van der Waals surface area contributed by atoms with E-state index in [0.717, 1.165) is 0 Å². The summed E-state index contributed by atoms with van der Waals surface area (Å²) in [5.41, 5.74) is -0.624. The van der Waals surface area contributed by atoms with Crippen molar-refractivity contribution >= 4 is 44.6 Å². The number of methoxy groups -OCH3 is 1. The van der Waals surface area contributed by atoms with Gasteiger partial charge in [-0.15, -0.1) is 0 Å². The van der Waals surface area contributed by atoms with Gasteiger partial charge >= 0.3 is 6.09 Å². The summed E-state index contributed by atoms with van der Waals surface area (Å²) in [5.74, 6) is -1.51. The first-order valence-corrected chi connectivity index (χ1v) is 21.7. The predicted molar refractivity (Wildman–Crippen MR) is 219 cm³/mol. The van der Waals surface area contributed by atoms with Crippen molar-refractivity contribution in [1.82, 2.24) is 30.2 Å². The predicted octanol–water partition coefficient (Wildman–Crippen LogP) is 4.09. The van der Waals surface area contributed by atoms with E-state index in [4.69, 9.17) is 23.9 Å². The Bertz CT molecular complexity index is 2300. The van der Waals surface area contributed by atoms with E-state index >= 15 is 0 Å². The van der Waals surface area contributed by atoms with E-state index in [1.165, 1.54) is 4.90 Å². The van der Waals surface area contributed by atoms with Crippen LogP contribution in [0.4, 0.5) is 4.79 Å². The molecule has 322 valence electrons. The monoisotopic (exact) mass is 848 g/mol. The van der Waals surface area contributed by atoms with E-state index in [2.05, 4.69) is 20.3 Å². The molecule has 18 heteroatoms. The Hall–Kier alpha value is -5.49. The van der Waals surface area contributed by atoms with Crippen molar-refractivity contribution in [1.29, 1.82) is 0 Å². The summed E-state index contributed by atoms with van der Waals surface area (Å²) in [7, 11) is -2.50. The van der Waals surface area contributed by atoms with E-state index in [1.54, 1.807) is 64.4 Å². The van der Waals surface area contributed by atoms with Gasteiger partial charge in [0.05, 0.1) is 54.3 Å². The number of amides is 4. The largest absolute Gasteiger partial charge is 0.497 e. The topological polar surface area (TPSA) is 225 Å². The van der Waals surface area contributed by atoms with Gasteiger partial charge in [0, 0.05) is 17.7 Å². The van der Waals surface area contributed by atoms with Crippen LogP contribution in [0.5, 0.6) is 17.4 Å². The Labute approximate surface area is 348 Å². The zero-order valence-corrected chi connectivity index (χ0v) is 35.3. The van der Waals surface area contributed by atoms with Crippen molar-refractivity contribution in [3.63, 3.8) is 0 Å². The second-order valence-corrected chi connectivity index (χ2v) is 18.9. The first kappa shape index (κ1) is 42.6. The first-order valence-electron chi connectivity index (χ1n) is 20.2. The summed E-state index contributed by atoms with van der Waals surface area (Å²) >= 11 is 0. The number of allylic oxidation sites excluding steroid dienone is 1. The number of nitrogens with zero attached hydrogens (tertiary/aromatic N) is 3. The molecule has 7 rings (SSSR count). The van der Waals surface area contributed by atoms with Gasteiger partial charge in [-0.1, -0.05) is 12.2 Å². The van der Waals surface area contributed by atoms with Crippen LogP contribution in [0.2, 0.25) is 0 Å². The van der Waals surface area contributed by atoms with E-state index in [9.17, 15) is 32.7 Å². The van der Waals surface area contributed by atoms with E-state index in [-0.39, 0.29) is 31.4 Å². The average Bonchev–Trinajstić information content (AvgIpc) is 4.08. The molecule has 4 heterocycles. The number of benzene rings is 1. The SMILES string of the molecule is COc1ccc2c(O[C@@H]3C[C@H]4C(=O)N[C@]5(C(=O)NS(=O)(=O)C6(C)CC6)C[C@H]5C=CCC[C@@H](C)O[C@@H](C)[C@H](NC(=O)O)C(=O)N4C3)nc(-c3ccc(OC(C)C)cn3)cc2c1. The normalized spacial score (nSPS) is 27.8. The number of nitrogens with one attached hydrogen (secondary N) is 3. The smallest absolute Gasteiger partial charge is 0.405 e. The molecule has 17 nitrogen and oxygen atoms in total. The third kappa shape index (κ3) is 8.84. The number of hydrogen-bond donors (Lipinski definition) is 4. The number of rotatable bonds is 10. The lowest BCUT2D eigenvalue weighted by Crippen LogP contribution is -2.60. The van der Waals surface area contributed by atoms with Crippen LogP contribution in [0.3, 0.4) is 0 Å². The number of pyridine rings is 2. The summed E-state index contributed by atoms with van der Waals surface area (Å²) in [5, 5.41) is 16.3. The second-order valence-electron chi connectivity index (χ2n) is 16.7. The lowest BCUT2D eigenvalue weighted by atomic mass is 10.1. The lowest BCUT2D eigenvalue weighted by Gasteiger charge is -2.32. The fraction of sp³-hybridized carbons (Fsp3) is 0.524. The third-order valence-corrected chi connectivity index (χ3v) is 13.8. The number of carboxylic acid groups (broad SMARTS) is 1. The molecule has 2 aromatic heterocycles. The van der Waals surface area contributed by atoms with Gasteiger partial charge in [0.1, 0.15) is 35.2 Å². The summed E-state index contributed by atoms with van der Waals surface area (Å²) in [6.45, 7) is 8.61. The second kappa shape index (κ2) is 16.5. The molecule has 4 amide bonds. The standard InChI is InChI=1S/C42H52N6O11S/c1-23(2)57-29-12-14-32(43-21-29)33-18-26-17-28(56-6)11-13-31(26)37(44-33)59-30-19-34-36(49)46-42(39(51)47-60(54,55)41(5)15-16-41)20-27(42)10-8-7-9-24(3)58-25(4)35(45-40(52)53)38(50)48(34)22-30/h8,10-14,17-18,21,23-25,27,30,34-35,45H,7,9,15-16,19-20,22H2,1-6H3,(H,46,49)(H,47,51)(H,52,53)/t24-,25+,27-,30-,34+,35+,42-/m1/s1. The minimum atomic E-state index is -4.05. The number of aromatic nitrogens is 2. The molecule has 4 aliphatic rings. The molecule has 4 N–H and O–H groups in total. The Morgan fingerprint density at radius 3 is 2.50 bits per heavy atom. The van der Waals surface area contributed by atoms with Gasteiger partial charge in [0.25, 0.3) is 5.91 Å². The molecule has 0 radical (unpaired) electrons. The summed E-state index contributed by atoms with van der Waals surface area (Å²) in [6.07, 6.45) is 3.38. The average molecular weight is 849 g/mol. The number of fused-ring (bicyclic) bond motifs is 3. The Morgan fingerprint density at radius 2 is 1.83 bits per heavy atom. The van der Waals surface area contributed by atoms with E-state index < -0.39 is 80.4 Å². The van der Waals surface area contributed by atoms with Crippen LogP contribution in [0, 0.1) is 5.92 Å². The molecule has 1 aromatic carbocycles. The maximum Gasteiger partial charge on any atom is 0.405 e. The van der Waals surface area contributed by atoms with Crippen molar-refractivity contribution in [2.45, 2.75) is 120 Å². The van der Waals surface area contributed by atoms with Gasteiger partial charge in [-0.05, 0) is 109 Å². The van der Waals surface area contributed by atoms with E-state index in [0.29, 0.717) is 59.3 Å². The van der Waals surface area contributed by atoms with Crippen molar-refractivity contribution in [3.8, 4) is 28.8 Å². The quantitative estimate of drug-likeness (QED) is 0.211. The summed E-state index contributed by atoms with van der Waals surface area (Å²) in [6, 6.07) is 8.06. The molecule has 0 unspecified atom stereocenters. The highest BCUT2D eigenvalue weighted by Gasteiger charge is 2.63. The molecule has 2 aliphatic heterocycles. The number of carbonyl (C=O) groups excluding carboxylic acids is 3. The Balaban J connectivity index is 1.24. The highest BCUT2D eigenvalue weighted by atomic mass is 32.2. The molecule has 60 heavy (non-hydrogen) atoms. The van der Waals surface area contributed by atoms with Crippen LogP contribution in [-0.4, -0.2) is 113 Å². The number of hydrogen-bond acceptors (Lipinski definition) is 12. The van der Waals surface area contributed by atoms with Crippen molar-refractivity contribution < 1.29 is 51.6 Å². The molecule has 0 spiro atoms. The van der Waals surface area contributed by atoms with Gasteiger partial charge in [-0.2, -0.15) is 0 Å². The van der Waals surface area contributed by atoms with Gasteiger partial charge in [-0.3, -0.25) is 24.1 Å². The fourth-order valence-corrected chi connectivity index (χ4v) is 9.13. The first-order chi connectivity index (χ1) is 28.4. The third-order valence-electron chi connectivity index (χ3n) is 11.7. The van der Waals surface area contributed by atoms with Gasteiger partial charge in [-0.25, -0.2) is 18.2 Å². The highest BCUT2D eigenvalue weighted by molar-refractivity contribution is 7.91. The highest BCUT2D eigenvalue weighted by Crippen LogP contribution is 2.47. The molecule has 3 aromatic rings. The summed E-state index contributed by atoms with van der Waals surface area (Å²) in [4.78, 5) is 65.8. The lowest BCUT2D eigenvalue weighted by molar-refractivity contribution is -0.144. The van der Waals surface area contributed by atoms with Crippen LogP contribution in [0.1, 0.15) is 73.1 Å². The minimum Gasteiger partial charge on any atom is -0.497 e. The maximum absolute atomic E-state index is 14.6. The number of ether oxygens (including phenoxy) is 4. The van der Waals surface area contributed by atoms with Gasteiger partial charge in [0.2, 0.25) is 27.7 Å². The molecule has 0 bridgehead atoms. The molecule has 7 atom stereocenters. The zero-order valence-electron chi connectivity index (χ0n) is 34.5. The minimum absolute atomic E-state index is 0.0507.